The number of carbonyl (C=O) groups is 2. The van der Waals surface area contributed by atoms with Gasteiger partial charge in [0.2, 0.25) is 0 Å². The zero-order valence-corrected chi connectivity index (χ0v) is 13.2. The van der Waals surface area contributed by atoms with Crippen LogP contribution in [0, 0.1) is 5.92 Å². The first-order valence-electron chi connectivity index (χ1n) is 6.28. The van der Waals surface area contributed by atoms with Crippen LogP contribution in [0.3, 0.4) is 0 Å². The van der Waals surface area contributed by atoms with E-state index in [1.807, 2.05) is 6.92 Å². The Morgan fingerprint density at radius 1 is 1.29 bits per heavy atom. The monoisotopic (exact) mass is 334 g/mol. The van der Waals surface area contributed by atoms with Gasteiger partial charge < -0.3 is 14.6 Å². The van der Waals surface area contributed by atoms with Crippen LogP contribution >= 0.6 is 23.2 Å². The van der Waals surface area contributed by atoms with E-state index in [9.17, 15) is 9.59 Å². The number of benzene rings is 1. The first-order chi connectivity index (χ1) is 9.92. The van der Waals surface area contributed by atoms with Crippen LogP contribution in [-0.4, -0.2) is 37.2 Å². The lowest BCUT2D eigenvalue weighted by Gasteiger charge is -2.15. The third kappa shape index (κ3) is 4.59. The fourth-order valence-corrected chi connectivity index (χ4v) is 2.24. The standard InChI is InChI=1S/C14H16Cl2O5/c1-3-8(6-20-2)14(19)9-4-5-10(13(16)12(9)15)21-7-11(17)18/h4-5,8H,3,6-7H2,1-2H3,(H,17,18). The molecule has 7 heteroatoms. The molecular formula is C14H16Cl2O5. The van der Waals surface area contributed by atoms with Crippen molar-refractivity contribution in [3.05, 3.63) is 27.7 Å². The molecule has 0 saturated carbocycles. The molecule has 1 aromatic rings. The van der Waals surface area contributed by atoms with E-state index in [1.54, 1.807) is 0 Å². The first-order valence-corrected chi connectivity index (χ1v) is 7.03. The molecule has 0 radical (unpaired) electrons. The van der Waals surface area contributed by atoms with Crippen LogP contribution in [-0.2, 0) is 9.53 Å². The quantitative estimate of drug-likeness (QED) is 0.738. The van der Waals surface area contributed by atoms with Crippen molar-refractivity contribution in [1.29, 1.82) is 0 Å². The molecule has 116 valence electrons. The number of ketones is 1. The molecule has 0 aliphatic carbocycles. The third-order valence-corrected chi connectivity index (χ3v) is 3.76. The Balaban J connectivity index is 3.02. The summed E-state index contributed by atoms with van der Waals surface area (Å²) in [6, 6.07) is 2.91. The molecule has 0 spiro atoms. The average molecular weight is 335 g/mol. The van der Waals surface area contributed by atoms with Crippen molar-refractivity contribution in [3.63, 3.8) is 0 Å². The number of carboxylic acids is 1. The number of methoxy groups -OCH3 is 1. The fraction of sp³-hybridized carbons (Fsp3) is 0.429. The van der Waals surface area contributed by atoms with Gasteiger partial charge in [0.05, 0.1) is 11.6 Å². The highest BCUT2D eigenvalue weighted by Crippen LogP contribution is 2.36. The molecule has 0 amide bonds. The fourth-order valence-electron chi connectivity index (χ4n) is 1.77. The van der Waals surface area contributed by atoms with Crippen molar-refractivity contribution >= 4 is 35.0 Å². The van der Waals surface area contributed by atoms with Crippen LogP contribution in [0.15, 0.2) is 12.1 Å². The van der Waals surface area contributed by atoms with Gasteiger partial charge in [-0.2, -0.15) is 0 Å². The number of carboxylic acid groups (broad SMARTS) is 1. The predicted octanol–water partition coefficient (Wildman–Crippen LogP) is 3.31. The maximum Gasteiger partial charge on any atom is 0.341 e. The molecule has 0 bridgehead atoms. The van der Waals surface area contributed by atoms with Gasteiger partial charge in [0.1, 0.15) is 10.8 Å². The molecule has 5 nitrogen and oxygen atoms in total. The number of aliphatic carboxylic acids is 1. The number of rotatable bonds is 8. The Hall–Kier alpha value is -1.30. The predicted molar refractivity (Wildman–Crippen MR) is 79.6 cm³/mol. The van der Waals surface area contributed by atoms with Crippen molar-refractivity contribution in [2.45, 2.75) is 13.3 Å². The van der Waals surface area contributed by atoms with Crippen molar-refractivity contribution in [2.24, 2.45) is 5.92 Å². The summed E-state index contributed by atoms with van der Waals surface area (Å²) in [6.45, 7) is 1.63. The summed E-state index contributed by atoms with van der Waals surface area (Å²) in [6.07, 6.45) is 0.609. The number of hydrogen-bond donors (Lipinski definition) is 1. The Bertz CT molecular complexity index is 530. The van der Waals surface area contributed by atoms with E-state index in [4.69, 9.17) is 37.8 Å². The Kier molecular flexibility index (Phi) is 6.95. The summed E-state index contributed by atoms with van der Waals surface area (Å²) in [4.78, 5) is 22.8. The van der Waals surface area contributed by atoms with Gasteiger partial charge in [-0.1, -0.05) is 30.1 Å². The second-order valence-electron chi connectivity index (χ2n) is 4.35. The Morgan fingerprint density at radius 3 is 2.48 bits per heavy atom. The normalized spacial score (nSPS) is 12.0. The van der Waals surface area contributed by atoms with Crippen molar-refractivity contribution in [1.82, 2.24) is 0 Å². The van der Waals surface area contributed by atoms with E-state index in [-0.39, 0.29) is 33.1 Å². The van der Waals surface area contributed by atoms with E-state index in [1.165, 1.54) is 19.2 Å². The van der Waals surface area contributed by atoms with Crippen LogP contribution in [0.2, 0.25) is 10.0 Å². The minimum absolute atomic E-state index is 0.0241. The smallest absolute Gasteiger partial charge is 0.341 e. The summed E-state index contributed by atoms with van der Waals surface area (Å²) < 4.78 is 10.0. The zero-order chi connectivity index (χ0) is 16.0. The SMILES string of the molecule is CCC(COC)C(=O)c1ccc(OCC(=O)O)c(Cl)c1Cl. The van der Waals surface area contributed by atoms with Gasteiger partial charge in [-0.3, -0.25) is 4.79 Å². The molecule has 1 rings (SSSR count). The second kappa shape index (κ2) is 8.22. The highest BCUT2D eigenvalue weighted by molar-refractivity contribution is 6.44. The number of halogens is 2. The maximum atomic E-state index is 12.4. The van der Waals surface area contributed by atoms with Gasteiger partial charge in [0, 0.05) is 18.6 Å². The van der Waals surface area contributed by atoms with E-state index >= 15 is 0 Å². The maximum absolute atomic E-state index is 12.4. The van der Waals surface area contributed by atoms with Crippen molar-refractivity contribution in [2.75, 3.05) is 20.3 Å². The summed E-state index contributed by atoms with van der Waals surface area (Å²) in [5, 5.41) is 8.65. The van der Waals surface area contributed by atoms with Gasteiger partial charge in [0.15, 0.2) is 12.4 Å². The first kappa shape index (κ1) is 17.8. The number of ether oxygens (including phenoxy) is 2. The lowest BCUT2D eigenvalue weighted by atomic mass is 9.96. The van der Waals surface area contributed by atoms with Gasteiger partial charge in [-0.25, -0.2) is 4.79 Å². The Labute approximate surface area is 132 Å². The summed E-state index contributed by atoms with van der Waals surface area (Å²) in [5.74, 6) is -1.49. The molecule has 0 saturated heterocycles. The van der Waals surface area contributed by atoms with Crippen molar-refractivity contribution in [3.8, 4) is 5.75 Å². The van der Waals surface area contributed by atoms with Crippen LogP contribution in [0.25, 0.3) is 0 Å². The average Bonchev–Trinajstić information content (AvgIpc) is 2.45. The summed E-state index contributed by atoms with van der Waals surface area (Å²) in [7, 11) is 1.52. The molecule has 1 aromatic carbocycles. The van der Waals surface area contributed by atoms with Crippen LogP contribution < -0.4 is 4.74 Å². The molecule has 1 atom stereocenters. The van der Waals surface area contributed by atoms with Gasteiger partial charge >= 0.3 is 5.97 Å². The molecule has 0 aliphatic heterocycles. The number of hydrogen-bond acceptors (Lipinski definition) is 4. The van der Waals surface area contributed by atoms with Crippen LogP contribution in [0.4, 0.5) is 0 Å². The van der Waals surface area contributed by atoms with E-state index in [2.05, 4.69) is 0 Å². The summed E-state index contributed by atoms with van der Waals surface area (Å²) >= 11 is 12.1. The lowest BCUT2D eigenvalue weighted by Crippen LogP contribution is -2.19. The highest BCUT2D eigenvalue weighted by atomic mass is 35.5. The molecule has 1 unspecified atom stereocenters. The third-order valence-electron chi connectivity index (χ3n) is 2.89. The zero-order valence-electron chi connectivity index (χ0n) is 11.7. The lowest BCUT2D eigenvalue weighted by molar-refractivity contribution is -0.139. The molecule has 0 fully saturated rings. The van der Waals surface area contributed by atoms with E-state index in [0.29, 0.717) is 13.0 Å². The number of carbonyl (C=O) groups excluding carboxylic acids is 1. The minimum Gasteiger partial charge on any atom is -0.480 e. The van der Waals surface area contributed by atoms with E-state index in [0.717, 1.165) is 0 Å². The highest BCUT2D eigenvalue weighted by Gasteiger charge is 2.23. The molecule has 0 aliphatic rings. The second-order valence-corrected chi connectivity index (χ2v) is 5.10. The molecule has 21 heavy (non-hydrogen) atoms. The van der Waals surface area contributed by atoms with Crippen LogP contribution in [0.1, 0.15) is 23.7 Å². The van der Waals surface area contributed by atoms with E-state index < -0.39 is 12.6 Å². The van der Waals surface area contributed by atoms with Crippen molar-refractivity contribution < 1.29 is 24.2 Å². The van der Waals surface area contributed by atoms with Gasteiger partial charge in [-0.15, -0.1) is 0 Å². The molecule has 0 heterocycles. The number of Topliss-reactive ketones (excluding diaryl/α,β-unsaturated/α-hetero) is 1. The van der Waals surface area contributed by atoms with Gasteiger partial charge in [0.25, 0.3) is 0 Å². The van der Waals surface area contributed by atoms with Crippen LogP contribution in [0.5, 0.6) is 5.75 Å². The minimum atomic E-state index is -1.13. The topological polar surface area (TPSA) is 72.8 Å². The molecule has 0 aromatic heterocycles. The van der Waals surface area contributed by atoms with Gasteiger partial charge in [-0.05, 0) is 18.6 Å². The summed E-state index contributed by atoms with van der Waals surface area (Å²) in [5.41, 5.74) is 0.272. The Morgan fingerprint density at radius 2 is 1.95 bits per heavy atom. The molecule has 1 N–H and O–H groups in total. The largest absolute Gasteiger partial charge is 0.480 e. The molecular weight excluding hydrogens is 319 g/mol.